The van der Waals surface area contributed by atoms with Crippen LogP contribution in [0.1, 0.15) is 20.7 Å². The summed E-state index contributed by atoms with van der Waals surface area (Å²) in [6.45, 7) is 0. The Labute approximate surface area is 78.5 Å². The molecule has 6 heteroatoms. The van der Waals surface area contributed by atoms with E-state index in [9.17, 15) is 19.7 Å². The molecule has 14 heavy (non-hydrogen) atoms. The molecule has 0 saturated heterocycles. The first kappa shape index (κ1) is 9.85. The highest BCUT2D eigenvalue weighted by molar-refractivity contribution is 6.00. The minimum absolute atomic E-state index is 0.161. The van der Waals surface area contributed by atoms with Gasteiger partial charge in [0.15, 0.2) is 6.29 Å². The van der Waals surface area contributed by atoms with Gasteiger partial charge >= 0.3 is 0 Å². The Morgan fingerprint density at radius 1 is 1.50 bits per heavy atom. The lowest BCUT2D eigenvalue weighted by Gasteiger charge is -1.99. The number of hydrogen-bond donors (Lipinski definition) is 1. The summed E-state index contributed by atoms with van der Waals surface area (Å²) in [4.78, 5) is 31.0. The third-order valence-corrected chi connectivity index (χ3v) is 1.64. The van der Waals surface area contributed by atoms with Crippen molar-refractivity contribution in [3.8, 4) is 0 Å². The van der Waals surface area contributed by atoms with Crippen molar-refractivity contribution >= 4 is 17.9 Å². The third kappa shape index (κ3) is 1.58. The molecule has 1 rings (SSSR count). The van der Waals surface area contributed by atoms with Crippen molar-refractivity contribution in [2.24, 2.45) is 5.73 Å². The lowest BCUT2D eigenvalue weighted by molar-refractivity contribution is -0.385. The molecule has 0 aromatic heterocycles. The molecule has 1 aromatic rings. The van der Waals surface area contributed by atoms with Gasteiger partial charge in [0.2, 0.25) is 0 Å². The van der Waals surface area contributed by atoms with Crippen LogP contribution in [0.4, 0.5) is 5.69 Å². The Morgan fingerprint density at radius 2 is 2.14 bits per heavy atom. The number of carbonyl (C=O) groups excluding carboxylic acids is 2. The van der Waals surface area contributed by atoms with Gasteiger partial charge in [-0.15, -0.1) is 0 Å². The van der Waals surface area contributed by atoms with Crippen LogP contribution in [0.2, 0.25) is 0 Å². The average molecular weight is 194 g/mol. The first-order chi connectivity index (χ1) is 6.57. The number of amides is 1. The quantitative estimate of drug-likeness (QED) is 0.430. The van der Waals surface area contributed by atoms with Crippen LogP contribution in [-0.4, -0.2) is 17.1 Å². The fourth-order valence-corrected chi connectivity index (χ4v) is 1.06. The van der Waals surface area contributed by atoms with Crippen LogP contribution >= 0.6 is 0 Å². The fraction of sp³-hybridized carbons (Fsp3) is 0. The van der Waals surface area contributed by atoms with Crippen LogP contribution in [0, 0.1) is 10.1 Å². The molecule has 6 nitrogen and oxygen atoms in total. The Balaban J connectivity index is 3.51. The predicted octanol–water partition coefficient (Wildman–Crippen LogP) is 0.506. The second-order valence-electron chi connectivity index (χ2n) is 2.48. The Bertz CT molecular complexity index is 414. The van der Waals surface area contributed by atoms with Crippen molar-refractivity contribution in [1.29, 1.82) is 0 Å². The first-order valence-electron chi connectivity index (χ1n) is 3.60. The number of nitro groups is 1. The van der Waals surface area contributed by atoms with Crippen LogP contribution in [0.3, 0.4) is 0 Å². The van der Waals surface area contributed by atoms with E-state index >= 15 is 0 Å². The van der Waals surface area contributed by atoms with E-state index in [1.54, 1.807) is 0 Å². The lowest BCUT2D eigenvalue weighted by Crippen LogP contribution is -2.14. The molecule has 1 amide bonds. The van der Waals surface area contributed by atoms with E-state index in [1.165, 1.54) is 18.2 Å². The molecule has 0 unspecified atom stereocenters. The number of carbonyl (C=O) groups is 2. The number of rotatable bonds is 3. The fourth-order valence-electron chi connectivity index (χ4n) is 1.06. The zero-order chi connectivity index (χ0) is 10.7. The average Bonchev–Trinajstić information content (AvgIpc) is 2.16. The van der Waals surface area contributed by atoms with E-state index in [2.05, 4.69) is 0 Å². The lowest BCUT2D eigenvalue weighted by atomic mass is 10.1. The number of nitrogens with two attached hydrogens (primary N) is 1. The van der Waals surface area contributed by atoms with Crippen molar-refractivity contribution in [2.45, 2.75) is 0 Å². The van der Waals surface area contributed by atoms with Gasteiger partial charge in [-0.1, -0.05) is 6.07 Å². The molecule has 0 aliphatic rings. The van der Waals surface area contributed by atoms with E-state index in [0.29, 0.717) is 6.29 Å². The molecule has 1 aromatic carbocycles. The molecule has 0 spiro atoms. The van der Waals surface area contributed by atoms with Crippen molar-refractivity contribution < 1.29 is 14.5 Å². The summed E-state index contributed by atoms with van der Waals surface area (Å²) in [5, 5.41) is 10.5. The SMILES string of the molecule is NC(=O)c1cccc(C=O)c1[N+](=O)[O-]. The van der Waals surface area contributed by atoms with Gasteiger partial charge in [-0.25, -0.2) is 0 Å². The third-order valence-electron chi connectivity index (χ3n) is 1.64. The van der Waals surface area contributed by atoms with E-state index in [1.807, 2.05) is 0 Å². The predicted molar refractivity (Wildman–Crippen MR) is 47.0 cm³/mol. The molecule has 0 aliphatic heterocycles. The van der Waals surface area contributed by atoms with Gasteiger partial charge in [0.05, 0.1) is 10.5 Å². The minimum atomic E-state index is -0.930. The normalized spacial score (nSPS) is 9.43. The zero-order valence-corrected chi connectivity index (χ0v) is 6.97. The van der Waals surface area contributed by atoms with Crippen LogP contribution < -0.4 is 5.73 Å². The standard InChI is InChI=1S/C8H6N2O4/c9-8(12)6-3-1-2-5(4-11)7(6)10(13)14/h1-4H,(H2,9,12). The van der Waals surface area contributed by atoms with E-state index in [-0.39, 0.29) is 11.1 Å². The van der Waals surface area contributed by atoms with Gasteiger partial charge in [-0.3, -0.25) is 19.7 Å². The maximum atomic E-state index is 10.8. The molecule has 0 radical (unpaired) electrons. The summed E-state index contributed by atoms with van der Waals surface area (Å²) < 4.78 is 0. The Hall–Kier alpha value is -2.24. The number of aldehydes is 1. The van der Waals surface area contributed by atoms with Crippen LogP contribution in [0.15, 0.2) is 18.2 Å². The highest BCUT2D eigenvalue weighted by Crippen LogP contribution is 2.21. The summed E-state index contributed by atoms with van der Waals surface area (Å²) in [6, 6.07) is 3.81. The Kier molecular flexibility index (Phi) is 2.57. The highest BCUT2D eigenvalue weighted by Gasteiger charge is 2.21. The molecular weight excluding hydrogens is 188 g/mol. The maximum absolute atomic E-state index is 10.8. The van der Waals surface area contributed by atoms with Gasteiger partial charge in [0.1, 0.15) is 5.56 Å². The maximum Gasteiger partial charge on any atom is 0.292 e. The van der Waals surface area contributed by atoms with Gasteiger partial charge in [-0.05, 0) is 12.1 Å². The van der Waals surface area contributed by atoms with Crippen molar-refractivity contribution in [3.63, 3.8) is 0 Å². The van der Waals surface area contributed by atoms with Gasteiger partial charge < -0.3 is 5.73 Å². The first-order valence-corrected chi connectivity index (χ1v) is 3.60. The number of benzene rings is 1. The summed E-state index contributed by atoms with van der Waals surface area (Å²) in [6.07, 6.45) is 0.310. The van der Waals surface area contributed by atoms with Crippen molar-refractivity contribution in [2.75, 3.05) is 0 Å². The molecule has 2 N–H and O–H groups in total. The smallest absolute Gasteiger partial charge is 0.292 e. The van der Waals surface area contributed by atoms with Crippen LogP contribution in [0.5, 0.6) is 0 Å². The van der Waals surface area contributed by atoms with Gasteiger partial charge in [-0.2, -0.15) is 0 Å². The van der Waals surface area contributed by atoms with Crippen LogP contribution in [-0.2, 0) is 0 Å². The summed E-state index contributed by atoms with van der Waals surface area (Å²) in [5.74, 6) is -0.930. The molecule has 0 aliphatic carbocycles. The zero-order valence-electron chi connectivity index (χ0n) is 6.97. The van der Waals surface area contributed by atoms with E-state index in [4.69, 9.17) is 5.73 Å². The molecule has 0 atom stereocenters. The van der Waals surface area contributed by atoms with Crippen LogP contribution in [0.25, 0.3) is 0 Å². The molecule has 72 valence electrons. The molecule has 0 bridgehead atoms. The van der Waals surface area contributed by atoms with Gasteiger partial charge in [0, 0.05) is 0 Å². The second-order valence-corrected chi connectivity index (χ2v) is 2.48. The number of hydrogen-bond acceptors (Lipinski definition) is 4. The van der Waals surface area contributed by atoms with Crippen molar-refractivity contribution in [3.05, 3.63) is 39.4 Å². The highest BCUT2D eigenvalue weighted by atomic mass is 16.6. The Morgan fingerprint density at radius 3 is 2.57 bits per heavy atom. The van der Waals surface area contributed by atoms with Crippen molar-refractivity contribution in [1.82, 2.24) is 0 Å². The number of nitro benzene ring substituents is 1. The number of primary amides is 1. The van der Waals surface area contributed by atoms with E-state index < -0.39 is 16.5 Å². The number of para-hydroxylation sites is 1. The van der Waals surface area contributed by atoms with E-state index in [0.717, 1.165) is 0 Å². The molecule has 0 saturated carbocycles. The van der Waals surface area contributed by atoms with Gasteiger partial charge in [0.25, 0.3) is 11.6 Å². The monoisotopic (exact) mass is 194 g/mol. The second kappa shape index (κ2) is 3.65. The summed E-state index contributed by atoms with van der Waals surface area (Å²) in [5.41, 5.74) is 3.95. The topological polar surface area (TPSA) is 103 Å². The molecule has 0 fully saturated rings. The minimum Gasteiger partial charge on any atom is -0.365 e. The molecule has 0 heterocycles. The number of nitrogens with zero attached hydrogens (tertiary/aromatic N) is 1. The summed E-state index contributed by atoms with van der Waals surface area (Å²) in [7, 11) is 0. The molecular formula is C8H6N2O4. The summed E-state index contributed by atoms with van der Waals surface area (Å²) >= 11 is 0. The largest absolute Gasteiger partial charge is 0.365 e.